The number of pyridine rings is 1. The molecule has 1 aromatic heterocycles. The van der Waals surface area contributed by atoms with Gasteiger partial charge >= 0.3 is 0 Å². The summed E-state index contributed by atoms with van der Waals surface area (Å²) in [6.45, 7) is 43.4. The van der Waals surface area contributed by atoms with Gasteiger partial charge in [0.05, 0.1) is 17.9 Å². The predicted molar refractivity (Wildman–Crippen MR) is 244 cm³/mol. The maximum Gasteiger partial charge on any atom is 0.193 e. The van der Waals surface area contributed by atoms with Crippen LogP contribution in [0.15, 0.2) is 41.9 Å². The van der Waals surface area contributed by atoms with E-state index in [1.54, 1.807) is 12.3 Å². The monoisotopic (exact) mass is 834 g/mol. The third kappa shape index (κ3) is 14.9. The van der Waals surface area contributed by atoms with Crippen LogP contribution >= 0.6 is 0 Å². The lowest BCUT2D eigenvalue weighted by Gasteiger charge is -2.47. The molecule has 0 aliphatic carbocycles. The van der Waals surface area contributed by atoms with Crippen molar-refractivity contribution in [1.82, 2.24) is 4.98 Å². The van der Waals surface area contributed by atoms with Crippen molar-refractivity contribution in [1.29, 1.82) is 0 Å². The minimum Gasteiger partial charge on any atom is -0.413 e. The molecule has 1 aromatic rings. The molecule has 0 aromatic carbocycles. The molecule has 0 aliphatic rings. The molecule has 0 unspecified atom stereocenters. The predicted octanol–water partition coefficient (Wildman–Crippen LogP) is 13.9. The maximum atomic E-state index is 15.9. The van der Waals surface area contributed by atoms with Gasteiger partial charge in [0, 0.05) is 24.0 Å². The van der Waals surface area contributed by atoms with E-state index in [2.05, 4.69) is 133 Å². The van der Waals surface area contributed by atoms with Crippen molar-refractivity contribution >= 4 is 43.1 Å². The van der Waals surface area contributed by atoms with E-state index in [9.17, 15) is 9.59 Å². The van der Waals surface area contributed by atoms with Crippen molar-refractivity contribution in [2.24, 2.45) is 17.3 Å². The molecule has 0 spiro atoms. The van der Waals surface area contributed by atoms with Gasteiger partial charge in [-0.15, -0.1) is 0 Å². The van der Waals surface area contributed by atoms with Crippen LogP contribution in [0.3, 0.4) is 0 Å². The zero-order valence-corrected chi connectivity index (χ0v) is 42.5. The van der Waals surface area contributed by atoms with Crippen molar-refractivity contribution in [2.75, 3.05) is 0 Å². The zero-order chi connectivity index (χ0) is 43.7. The van der Waals surface area contributed by atoms with E-state index in [1.165, 1.54) is 11.6 Å². The Balaban J connectivity index is 3.41. The van der Waals surface area contributed by atoms with Gasteiger partial charge in [0.1, 0.15) is 24.0 Å². The molecule has 1 rings (SSSR count). The van der Waals surface area contributed by atoms with Gasteiger partial charge in [-0.05, 0) is 118 Å². The van der Waals surface area contributed by atoms with Gasteiger partial charge < -0.3 is 18.1 Å². The molecular weight excluding hydrogens is 750 g/mol. The standard InChI is InChI=1S/C46H84FNO5Si3/c1-21-37(42(50)46(13,14)40(30-32-49)52-55(17,18)44(7,8)9)41(53-56(19,20)45(10,11)12)35(3)26-24-25-34(2)28-29-39(51-54(15,16)43(4,5)6)38(47)33-36-27-22-23-31-48-36/h22-23,27-28,31-33,35,37,39-41H,21,24-26,29-30H2,1-20H3/t35-,37+,39-,40-,41-/m0/s1. The fourth-order valence-electron chi connectivity index (χ4n) is 6.15. The molecule has 0 aliphatic heterocycles. The first-order chi connectivity index (χ1) is 25.3. The summed E-state index contributed by atoms with van der Waals surface area (Å²) in [5, 5.41) is -0.153. The number of Topliss-reactive ketones (excluding diaryl/α,β-unsaturated/α-hetero) is 1. The summed E-state index contributed by atoms with van der Waals surface area (Å²) in [7, 11) is -6.83. The lowest BCUT2D eigenvalue weighted by Crippen LogP contribution is -2.54. The van der Waals surface area contributed by atoms with Crippen LogP contribution in [0, 0.1) is 17.3 Å². The molecule has 0 radical (unpaired) electrons. The first kappa shape index (κ1) is 52.4. The van der Waals surface area contributed by atoms with E-state index in [-0.39, 0.29) is 51.1 Å². The molecule has 0 saturated heterocycles. The molecule has 0 N–H and O–H groups in total. The van der Waals surface area contributed by atoms with Crippen molar-refractivity contribution in [2.45, 2.75) is 208 Å². The highest BCUT2D eigenvalue weighted by molar-refractivity contribution is 6.75. The van der Waals surface area contributed by atoms with Gasteiger partial charge in [-0.1, -0.05) is 108 Å². The second kappa shape index (κ2) is 20.6. The number of hydrogen-bond acceptors (Lipinski definition) is 6. The minimum absolute atomic E-state index is 0.0318. The Labute approximate surface area is 347 Å². The van der Waals surface area contributed by atoms with Gasteiger partial charge in [0.15, 0.2) is 25.0 Å². The average Bonchev–Trinajstić information content (AvgIpc) is 3.04. The lowest BCUT2D eigenvalue weighted by atomic mass is 9.71. The smallest absolute Gasteiger partial charge is 0.193 e. The van der Waals surface area contributed by atoms with Crippen LogP contribution in [-0.4, -0.2) is 60.3 Å². The summed E-state index contributed by atoms with van der Waals surface area (Å²) in [5.41, 5.74) is 0.888. The molecule has 5 atom stereocenters. The quantitative estimate of drug-likeness (QED) is 0.0658. The van der Waals surface area contributed by atoms with E-state index in [4.69, 9.17) is 13.3 Å². The second-order valence-corrected chi connectivity index (χ2v) is 35.8. The number of aromatic nitrogens is 1. The molecule has 0 saturated carbocycles. The highest BCUT2D eigenvalue weighted by Gasteiger charge is 2.50. The van der Waals surface area contributed by atoms with Crippen LogP contribution in [0.1, 0.15) is 141 Å². The average molecular weight is 834 g/mol. The highest BCUT2D eigenvalue weighted by atomic mass is 28.4. The van der Waals surface area contributed by atoms with Crippen LogP contribution in [-0.2, 0) is 22.9 Å². The van der Waals surface area contributed by atoms with E-state index >= 15 is 4.39 Å². The molecule has 0 bridgehead atoms. The van der Waals surface area contributed by atoms with E-state index in [1.807, 2.05) is 26.0 Å². The topological polar surface area (TPSA) is 74.7 Å². The zero-order valence-electron chi connectivity index (χ0n) is 39.5. The molecule has 10 heteroatoms. The van der Waals surface area contributed by atoms with Gasteiger partial charge in [0.25, 0.3) is 0 Å². The number of rotatable bonds is 22. The third-order valence-electron chi connectivity index (χ3n) is 13.4. The Morgan fingerprint density at radius 1 is 0.821 bits per heavy atom. The van der Waals surface area contributed by atoms with Crippen LogP contribution in [0.25, 0.3) is 6.08 Å². The van der Waals surface area contributed by atoms with Crippen LogP contribution in [0.4, 0.5) is 4.39 Å². The van der Waals surface area contributed by atoms with Crippen LogP contribution < -0.4 is 0 Å². The number of carbonyl (C=O) groups excluding carboxylic acids is 2. The number of halogens is 1. The van der Waals surface area contributed by atoms with Gasteiger partial charge in [-0.25, -0.2) is 4.39 Å². The van der Waals surface area contributed by atoms with E-state index in [0.29, 0.717) is 18.5 Å². The lowest BCUT2D eigenvalue weighted by molar-refractivity contribution is -0.142. The first-order valence-electron chi connectivity index (χ1n) is 21.2. The Bertz CT molecular complexity index is 1450. The normalized spacial score (nSPS) is 17.3. The first-order valence-corrected chi connectivity index (χ1v) is 29.9. The number of allylic oxidation sites excluding steroid dienone is 1. The van der Waals surface area contributed by atoms with Crippen LogP contribution in [0.5, 0.6) is 0 Å². The van der Waals surface area contributed by atoms with Crippen molar-refractivity contribution in [3.63, 3.8) is 0 Å². The van der Waals surface area contributed by atoms with Crippen molar-refractivity contribution in [3.8, 4) is 0 Å². The Morgan fingerprint density at radius 3 is 1.80 bits per heavy atom. The number of hydrogen-bond donors (Lipinski definition) is 0. The second-order valence-electron chi connectivity index (χ2n) is 21.5. The van der Waals surface area contributed by atoms with E-state index < -0.39 is 42.6 Å². The van der Waals surface area contributed by atoms with Gasteiger partial charge in [-0.3, -0.25) is 9.78 Å². The van der Waals surface area contributed by atoms with Gasteiger partial charge in [-0.2, -0.15) is 0 Å². The summed E-state index contributed by atoms with van der Waals surface area (Å²) in [4.78, 5) is 31.2. The SMILES string of the molecule is CC[C@@H](C(=O)C(C)(C)[C@H](CC=O)O[Si](C)(C)C(C)(C)C)[C@@H](O[Si](C)(C)C(C)(C)C)[C@@H](C)CCCC(C)=CC[C@H](O[Si](C)(C)C(C)(C)C)C(F)=Cc1ccccn1. The largest absolute Gasteiger partial charge is 0.413 e. The number of carbonyl (C=O) groups is 2. The summed E-state index contributed by atoms with van der Waals surface area (Å²) in [6, 6.07) is 5.49. The summed E-state index contributed by atoms with van der Waals surface area (Å²) < 4.78 is 36.6. The van der Waals surface area contributed by atoms with E-state index in [0.717, 1.165) is 25.5 Å². The highest BCUT2D eigenvalue weighted by Crippen LogP contribution is 2.45. The van der Waals surface area contributed by atoms with Gasteiger partial charge in [0.2, 0.25) is 0 Å². The fraction of sp³-hybridized carbons (Fsp3) is 0.761. The Morgan fingerprint density at radius 2 is 1.34 bits per heavy atom. The summed E-state index contributed by atoms with van der Waals surface area (Å²) in [5.74, 6) is -0.420. The number of nitrogens with zero attached hydrogens (tertiary/aromatic N) is 1. The Kier molecular flexibility index (Phi) is 19.3. The van der Waals surface area contributed by atoms with Crippen LogP contribution in [0.2, 0.25) is 54.4 Å². The molecule has 322 valence electrons. The summed E-state index contributed by atoms with van der Waals surface area (Å²) >= 11 is 0. The van der Waals surface area contributed by atoms with Crippen molar-refractivity contribution < 1.29 is 27.3 Å². The third-order valence-corrected chi connectivity index (χ3v) is 26.8. The maximum absolute atomic E-state index is 15.9. The molecule has 1 heterocycles. The fourth-order valence-corrected chi connectivity index (χ4v) is 10.3. The molecule has 6 nitrogen and oxygen atoms in total. The number of ketones is 1. The Hall–Kier alpha value is -1.57. The molecule has 56 heavy (non-hydrogen) atoms. The molecule has 0 fully saturated rings. The minimum atomic E-state index is -2.28. The summed E-state index contributed by atoms with van der Waals surface area (Å²) in [6.07, 6.45) is 8.67. The number of aldehydes is 1. The molecular formula is C46H84FNO5Si3. The molecule has 0 amide bonds. The van der Waals surface area contributed by atoms with Crippen molar-refractivity contribution in [3.05, 3.63) is 47.6 Å².